The molecular formula is C24H29BrN4O3. The third-order valence-electron chi connectivity index (χ3n) is 5.31. The Morgan fingerprint density at radius 1 is 1.19 bits per heavy atom. The van der Waals surface area contributed by atoms with E-state index in [4.69, 9.17) is 9.72 Å². The molecule has 1 atom stereocenters. The van der Waals surface area contributed by atoms with Gasteiger partial charge in [-0.3, -0.25) is 9.36 Å². The van der Waals surface area contributed by atoms with Crippen LogP contribution in [0.15, 0.2) is 57.8 Å². The highest BCUT2D eigenvalue weighted by molar-refractivity contribution is 9.10. The molecule has 0 fully saturated rings. The summed E-state index contributed by atoms with van der Waals surface area (Å²) >= 11 is 3.48. The zero-order valence-electron chi connectivity index (χ0n) is 18.7. The molecule has 1 unspecified atom stereocenters. The predicted octanol–water partition coefficient (Wildman–Crippen LogP) is 5.20. The molecule has 0 spiro atoms. The molecular weight excluding hydrogens is 472 g/mol. The van der Waals surface area contributed by atoms with E-state index in [0.717, 1.165) is 10.9 Å². The van der Waals surface area contributed by atoms with Crippen molar-refractivity contribution in [3.63, 3.8) is 0 Å². The first-order valence-corrected chi connectivity index (χ1v) is 11.6. The number of hydrogen-bond acceptors (Lipinski definition) is 4. The van der Waals surface area contributed by atoms with Crippen molar-refractivity contribution in [2.24, 2.45) is 0 Å². The number of anilines is 1. The van der Waals surface area contributed by atoms with Crippen molar-refractivity contribution in [3.05, 3.63) is 69.2 Å². The lowest BCUT2D eigenvalue weighted by molar-refractivity contribution is 0.169. The maximum Gasteiger partial charge on any atom is 0.322 e. The summed E-state index contributed by atoms with van der Waals surface area (Å²) in [7, 11) is 1.60. The third-order valence-corrected chi connectivity index (χ3v) is 6.00. The fourth-order valence-corrected chi connectivity index (χ4v) is 4.15. The highest BCUT2D eigenvalue weighted by atomic mass is 79.9. The van der Waals surface area contributed by atoms with Gasteiger partial charge in [0, 0.05) is 18.1 Å². The molecule has 0 aliphatic carbocycles. The van der Waals surface area contributed by atoms with Crippen LogP contribution in [0.4, 0.5) is 10.5 Å². The molecule has 2 amide bonds. The highest BCUT2D eigenvalue weighted by Crippen LogP contribution is 2.27. The standard InChI is InChI=1S/C24H29BrN4O3/c1-4-14-28(24(31)27-20-13-9-7-11-18(20)25)21(5-2)22-26-19-12-8-6-10-17(19)23(30)29(22)15-16-32-3/h6-13,21H,4-5,14-16H2,1-3H3,(H,27,31). The molecule has 1 N–H and O–H groups in total. The van der Waals surface area contributed by atoms with Gasteiger partial charge in [0.25, 0.3) is 5.56 Å². The number of amides is 2. The Balaban J connectivity index is 2.07. The molecule has 0 radical (unpaired) electrons. The van der Waals surface area contributed by atoms with Gasteiger partial charge in [-0.2, -0.15) is 0 Å². The lowest BCUT2D eigenvalue weighted by Crippen LogP contribution is -2.41. The summed E-state index contributed by atoms with van der Waals surface area (Å²) in [6, 6.07) is 14.2. The Morgan fingerprint density at radius 3 is 2.59 bits per heavy atom. The summed E-state index contributed by atoms with van der Waals surface area (Å²) in [5, 5.41) is 3.55. The minimum absolute atomic E-state index is 0.122. The smallest absolute Gasteiger partial charge is 0.322 e. The van der Waals surface area contributed by atoms with Crippen LogP contribution < -0.4 is 10.9 Å². The quantitative estimate of drug-likeness (QED) is 0.437. The Hall–Kier alpha value is -2.71. The molecule has 0 aliphatic rings. The minimum atomic E-state index is -0.369. The number of fused-ring (bicyclic) bond motifs is 1. The second-order valence-corrected chi connectivity index (χ2v) is 8.32. The lowest BCUT2D eigenvalue weighted by atomic mass is 10.1. The van der Waals surface area contributed by atoms with Gasteiger partial charge in [0.05, 0.1) is 35.8 Å². The largest absolute Gasteiger partial charge is 0.383 e. The number of ether oxygens (including phenoxy) is 1. The van der Waals surface area contributed by atoms with Crippen LogP contribution >= 0.6 is 15.9 Å². The van der Waals surface area contributed by atoms with Gasteiger partial charge in [0.1, 0.15) is 5.82 Å². The van der Waals surface area contributed by atoms with Gasteiger partial charge in [-0.25, -0.2) is 9.78 Å². The summed E-state index contributed by atoms with van der Waals surface area (Å²) in [5.41, 5.74) is 1.20. The minimum Gasteiger partial charge on any atom is -0.383 e. The number of halogens is 1. The van der Waals surface area contributed by atoms with Gasteiger partial charge in [-0.05, 0) is 53.0 Å². The molecule has 3 rings (SSSR count). The number of urea groups is 1. The molecule has 0 saturated carbocycles. The van der Waals surface area contributed by atoms with Gasteiger partial charge < -0.3 is 15.0 Å². The van der Waals surface area contributed by atoms with Crippen LogP contribution in [0.25, 0.3) is 10.9 Å². The first kappa shape index (κ1) is 23.9. The van der Waals surface area contributed by atoms with Gasteiger partial charge >= 0.3 is 6.03 Å². The molecule has 170 valence electrons. The number of methoxy groups -OCH3 is 1. The molecule has 2 aromatic carbocycles. The number of para-hydroxylation sites is 2. The topological polar surface area (TPSA) is 76.5 Å². The zero-order valence-corrected chi connectivity index (χ0v) is 20.3. The van der Waals surface area contributed by atoms with Crippen LogP contribution in [0.1, 0.15) is 38.6 Å². The zero-order chi connectivity index (χ0) is 23.1. The van der Waals surface area contributed by atoms with Crippen molar-refractivity contribution >= 4 is 38.6 Å². The average molecular weight is 501 g/mol. The monoisotopic (exact) mass is 500 g/mol. The van der Waals surface area contributed by atoms with Gasteiger partial charge in [0.2, 0.25) is 0 Å². The maximum atomic E-state index is 13.4. The van der Waals surface area contributed by atoms with Crippen LogP contribution in [0.3, 0.4) is 0 Å². The second kappa shape index (κ2) is 11.2. The average Bonchev–Trinajstić information content (AvgIpc) is 2.80. The number of rotatable bonds is 9. The Morgan fingerprint density at radius 2 is 1.91 bits per heavy atom. The van der Waals surface area contributed by atoms with Crippen LogP contribution in [0.5, 0.6) is 0 Å². The number of nitrogens with zero attached hydrogens (tertiary/aromatic N) is 3. The van der Waals surface area contributed by atoms with E-state index in [9.17, 15) is 9.59 Å². The Kier molecular flexibility index (Phi) is 8.41. The van der Waals surface area contributed by atoms with Crippen molar-refractivity contribution < 1.29 is 9.53 Å². The van der Waals surface area contributed by atoms with Crippen molar-refractivity contribution in [2.45, 2.75) is 39.3 Å². The number of aromatic nitrogens is 2. The third kappa shape index (κ3) is 5.19. The van der Waals surface area contributed by atoms with E-state index in [1.165, 1.54) is 0 Å². The summed E-state index contributed by atoms with van der Waals surface area (Å²) in [4.78, 5) is 33.3. The maximum absolute atomic E-state index is 13.4. The Labute approximate surface area is 196 Å². The number of carbonyl (C=O) groups is 1. The molecule has 1 aromatic heterocycles. The second-order valence-electron chi connectivity index (χ2n) is 7.46. The van der Waals surface area contributed by atoms with Gasteiger partial charge in [0.15, 0.2) is 0 Å². The van der Waals surface area contributed by atoms with Crippen LogP contribution in [-0.4, -0.2) is 40.7 Å². The van der Waals surface area contributed by atoms with E-state index in [0.29, 0.717) is 48.5 Å². The lowest BCUT2D eigenvalue weighted by Gasteiger charge is -2.32. The summed E-state index contributed by atoms with van der Waals surface area (Å²) < 4.78 is 7.69. The fraction of sp³-hybridized carbons (Fsp3) is 0.375. The van der Waals surface area contributed by atoms with Gasteiger partial charge in [-0.15, -0.1) is 0 Å². The summed E-state index contributed by atoms with van der Waals surface area (Å²) in [6.07, 6.45) is 1.39. The van der Waals surface area contributed by atoms with E-state index >= 15 is 0 Å². The SMILES string of the molecule is CCCN(C(=O)Nc1ccccc1Br)C(CC)c1nc2ccccc2c(=O)n1CCOC. The molecule has 0 aliphatic heterocycles. The Bertz CT molecular complexity index is 1130. The van der Waals surface area contributed by atoms with E-state index in [1.807, 2.05) is 56.3 Å². The molecule has 32 heavy (non-hydrogen) atoms. The summed E-state index contributed by atoms with van der Waals surface area (Å²) in [6.45, 7) is 5.30. The normalized spacial score (nSPS) is 12.0. The molecule has 8 heteroatoms. The number of nitrogens with one attached hydrogen (secondary N) is 1. The van der Waals surface area contributed by atoms with Crippen LogP contribution in [-0.2, 0) is 11.3 Å². The number of benzene rings is 2. The summed E-state index contributed by atoms with van der Waals surface area (Å²) in [5.74, 6) is 0.573. The van der Waals surface area contributed by atoms with Crippen molar-refractivity contribution in [2.75, 3.05) is 25.6 Å². The van der Waals surface area contributed by atoms with Crippen molar-refractivity contribution in [1.82, 2.24) is 14.5 Å². The van der Waals surface area contributed by atoms with E-state index in [-0.39, 0.29) is 17.6 Å². The predicted molar refractivity (Wildman–Crippen MR) is 131 cm³/mol. The first-order chi connectivity index (χ1) is 15.5. The molecule has 1 heterocycles. The van der Waals surface area contributed by atoms with Crippen molar-refractivity contribution in [3.8, 4) is 0 Å². The van der Waals surface area contributed by atoms with Crippen LogP contribution in [0.2, 0.25) is 0 Å². The molecule has 3 aromatic rings. The fourth-order valence-electron chi connectivity index (χ4n) is 3.77. The van der Waals surface area contributed by atoms with Gasteiger partial charge in [-0.1, -0.05) is 38.1 Å². The van der Waals surface area contributed by atoms with E-state index in [1.54, 1.807) is 22.6 Å². The molecule has 0 bridgehead atoms. The van der Waals surface area contributed by atoms with E-state index < -0.39 is 0 Å². The molecule has 0 saturated heterocycles. The van der Waals surface area contributed by atoms with E-state index in [2.05, 4.69) is 21.2 Å². The number of carbonyl (C=O) groups excluding carboxylic acids is 1. The highest BCUT2D eigenvalue weighted by Gasteiger charge is 2.28. The number of hydrogen-bond donors (Lipinski definition) is 1. The van der Waals surface area contributed by atoms with Crippen LogP contribution in [0, 0.1) is 0 Å². The first-order valence-electron chi connectivity index (χ1n) is 10.8. The van der Waals surface area contributed by atoms with Crippen molar-refractivity contribution in [1.29, 1.82) is 0 Å². The molecule has 7 nitrogen and oxygen atoms in total.